The van der Waals surface area contributed by atoms with Gasteiger partial charge in [-0.15, -0.1) is 0 Å². The Hall–Kier alpha value is -0.0400. The Morgan fingerprint density at radius 3 is 1.62 bits per heavy atom. The Morgan fingerprint density at radius 1 is 0.615 bits per heavy atom. The summed E-state index contributed by atoms with van der Waals surface area (Å²) in [5.74, 6) is 4.14. The SMILES string of the molecule is C1C[C@H]2[C@H]3CCC[C@@H]3[C@H]3O[C@H]3[C@@H]2C1. The molecule has 72 valence electrons. The lowest BCUT2D eigenvalue weighted by Gasteiger charge is -2.33. The minimum absolute atomic E-state index is 0.729. The van der Waals surface area contributed by atoms with Gasteiger partial charge in [0.05, 0.1) is 12.2 Å². The Morgan fingerprint density at radius 2 is 1.08 bits per heavy atom. The van der Waals surface area contributed by atoms with Crippen LogP contribution in [0.5, 0.6) is 0 Å². The van der Waals surface area contributed by atoms with E-state index in [-0.39, 0.29) is 0 Å². The minimum Gasteiger partial charge on any atom is -0.369 e. The highest BCUT2D eigenvalue weighted by atomic mass is 16.6. The molecular weight excluding hydrogens is 160 g/mol. The molecule has 1 nitrogen and oxygen atoms in total. The molecule has 0 aromatic heterocycles. The van der Waals surface area contributed by atoms with Gasteiger partial charge in [-0.3, -0.25) is 0 Å². The van der Waals surface area contributed by atoms with Crippen molar-refractivity contribution in [3.63, 3.8) is 0 Å². The number of ether oxygens (including phenoxy) is 1. The molecule has 4 fully saturated rings. The monoisotopic (exact) mass is 178 g/mol. The zero-order valence-corrected chi connectivity index (χ0v) is 8.11. The average molecular weight is 178 g/mol. The summed E-state index contributed by atoms with van der Waals surface area (Å²) in [5, 5.41) is 0. The number of hydrogen-bond donors (Lipinski definition) is 0. The highest BCUT2D eigenvalue weighted by Crippen LogP contribution is 2.60. The van der Waals surface area contributed by atoms with Crippen LogP contribution in [0.4, 0.5) is 0 Å². The van der Waals surface area contributed by atoms with Crippen LogP contribution in [0, 0.1) is 23.7 Å². The average Bonchev–Trinajstić information content (AvgIpc) is 2.67. The summed E-state index contributed by atoms with van der Waals surface area (Å²) in [7, 11) is 0. The van der Waals surface area contributed by atoms with Gasteiger partial charge in [0, 0.05) is 0 Å². The van der Waals surface area contributed by atoms with Crippen LogP contribution in [-0.4, -0.2) is 12.2 Å². The van der Waals surface area contributed by atoms with E-state index in [1.165, 1.54) is 38.5 Å². The highest BCUT2D eigenvalue weighted by molar-refractivity contribution is 5.09. The standard InChI is InChI=1S/C12H18O/c1-3-7-8-4-2-6-10(8)12-11(13-12)9(7)5-1/h7-12H,1-6H2/t7-,8+,9+,10-,11-,12+. The quantitative estimate of drug-likeness (QED) is 0.519. The summed E-state index contributed by atoms with van der Waals surface area (Å²) >= 11 is 0. The lowest BCUT2D eigenvalue weighted by atomic mass is 9.69. The highest BCUT2D eigenvalue weighted by Gasteiger charge is 2.61. The minimum atomic E-state index is 0.729. The number of epoxide rings is 1. The summed E-state index contributed by atoms with van der Waals surface area (Å²) in [6.45, 7) is 0. The Labute approximate surface area is 79.8 Å². The number of hydrogen-bond acceptors (Lipinski definition) is 1. The van der Waals surface area contributed by atoms with Crippen LogP contribution in [0.2, 0.25) is 0 Å². The summed E-state index contributed by atoms with van der Waals surface area (Å²) in [4.78, 5) is 0. The van der Waals surface area contributed by atoms with Gasteiger partial charge in [-0.25, -0.2) is 0 Å². The first kappa shape index (κ1) is 7.28. The second kappa shape index (κ2) is 2.31. The van der Waals surface area contributed by atoms with E-state index in [0.29, 0.717) is 0 Å². The molecule has 0 unspecified atom stereocenters. The van der Waals surface area contributed by atoms with E-state index < -0.39 is 0 Å². The molecule has 0 aromatic rings. The van der Waals surface area contributed by atoms with Gasteiger partial charge in [-0.2, -0.15) is 0 Å². The van der Waals surface area contributed by atoms with Crippen molar-refractivity contribution in [2.45, 2.75) is 50.7 Å². The normalized spacial score (nSPS) is 62.8. The molecule has 4 aliphatic rings. The summed E-state index contributed by atoms with van der Waals surface area (Å²) < 4.78 is 5.91. The van der Waals surface area contributed by atoms with E-state index in [1.54, 1.807) is 0 Å². The fourth-order valence-electron chi connectivity index (χ4n) is 4.74. The molecule has 13 heavy (non-hydrogen) atoms. The zero-order chi connectivity index (χ0) is 8.41. The van der Waals surface area contributed by atoms with Gasteiger partial charge in [-0.1, -0.05) is 12.8 Å². The van der Waals surface area contributed by atoms with Gasteiger partial charge in [0.15, 0.2) is 0 Å². The smallest absolute Gasteiger partial charge is 0.0875 e. The molecule has 6 atom stereocenters. The molecule has 0 bridgehead atoms. The van der Waals surface area contributed by atoms with Crippen LogP contribution >= 0.6 is 0 Å². The molecule has 1 aliphatic heterocycles. The van der Waals surface area contributed by atoms with Crippen molar-refractivity contribution in [1.82, 2.24) is 0 Å². The first-order valence-corrected chi connectivity index (χ1v) is 6.10. The fourth-order valence-corrected chi connectivity index (χ4v) is 4.74. The molecule has 0 N–H and O–H groups in total. The van der Waals surface area contributed by atoms with Crippen LogP contribution in [0.15, 0.2) is 0 Å². The second-order valence-electron chi connectivity index (χ2n) is 5.58. The van der Waals surface area contributed by atoms with E-state index in [0.717, 1.165) is 35.9 Å². The number of fused-ring (bicyclic) bond motifs is 6. The van der Waals surface area contributed by atoms with Gasteiger partial charge in [-0.05, 0) is 49.4 Å². The van der Waals surface area contributed by atoms with Gasteiger partial charge in [0.2, 0.25) is 0 Å². The molecule has 3 saturated carbocycles. The predicted molar refractivity (Wildman–Crippen MR) is 50.3 cm³/mol. The summed E-state index contributed by atoms with van der Waals surface area (Å²) in [5.41, 5.74) is 0. The molecule has 4 rings (SSSR count). The van der Waals surface area contributed by atoms with E-state index in [2.05, 4.69) is 0 Å². The largest absolute Gasteiger partial charge is 0.369 e. The summed E-state index contributed by atoms with van der Waals surface area (Å²) in [6, 6.07) is 0. The second-order valence-corrected chi connectivity index (χ2v) is 5.58. The van der Waals surface area contributed by atoms with E-state index in [4.69, 9.17) is 4.74 Å². The molecule has 0 spiro atoms. The van der Waals surface area contributed by atoms with Gasteiger partial charge >= 0.3 is 0 Å². The van der Waals surface area contributed by atoms with Gasteiger partial charge < -0.3 is 4.74 Å². The first-order valence-electron chi connectivity index (χ1n) is 6.10. The van der Waals surface area contributed by atoms with Crippen molar-refractivity contribution in [2.24, 2.45) is 23.7 Å². The van der Waals surface area contributed by atoms with Crippen LogP contribution in [0.1, 0.15) is 38.5 Å². The van der Waals surface area contributed by atoms with Crippen molar-refractivity contribution in [3.05, 3.63) is 0 Å². The van der Waals surface area contributed by atoms with Crippen molar-refractivity contribution in [2.75, 3.05) is 0 Å². The molecular formula is C12H18O. The van der Waals surface area contributed by atoms with Crippen molar-refractivity contribution in [3.8, 4) is 0 Å². The maximum Gasteiger partial charge on any atom is 0.0875 e. The molecule has 3 aliphatic carbocycles. The van der Waals surface area contributed by atoms with Crippen molar-refractivity contribution >= 4 is 0 Å². The van der Waals surface area contributed by atoms with Crippen LogP contribution in [0.25, 0.3) is 0 Å². The Bertz CT molecular complexity index is 213. The molecule has 1 saturated heterocycles. The van der Waals surface area contributed by atoms with Crippen LogP contribution < -0.4 is 0 Å². The molecule has 1 heteroatoms. The molecule has 1 heterocycles. The van der Waals surface area contributed by atoms with E-state index in [9.17, 15) is 0 Å². The fraction of sp³-hybridized carbons (Fsp3) is 1.00. The maximum absolute atomic E-state index is 5.91. The molecule has 0 radical (unpaired) electrons. The van der Waals surface area contributed by atoms with Crippen LogP contribution in [0.3, 0.4) is 0 Å². The van der Waals surface area contributed by atoms with E-state index in [1.807, 2.05) is 0 Å². The third-order valence-corrected chi connectivity index (χ3v) is 5.21. The number of rotatable bonds is 0. The zero-order valence-electron chi connectivity index (χ0n) is 8.11. The Balaban J connectivity index is 1.70. The topological polar surface area (TPSA) is 12.5 Å². The van der Waals surface area contributed by atoms with Crippen molar-refractivity contribution in [1.29, 1.82) is 0 Å². The van der Waals surface area contributed by atoms with E-state index >= 15 is 0 Å². The first-order chi connectivity index (χ1) is 6.45. The van der Waals surface area contributed by atoms with Crippen LogP contribution in [-0.2, 0) is 4.74 Å². The van der Waals surface area contributed by atoms with Crippen molar-refractivity contribution < 1.29 is 4.74 Å². The van der Waals surface area contributed by atoms with Gasteiger partial charge in [0.25, 0.3) is 0 Å². The predicted octanol–water partition coefficient (Wildman–Crippen LogP) is 2.60. The van der Waals surface area contributed by atoms with Gasteiger partial charge in [0.1, 0.15) is 0 Å². The third-order valence-electron chi connectivity index (χ3n) is 5.21. The maximum atomic E-state index is 5.91. The molecule has 0 amide bonds. The summed E-state index contributed by atoms with van der Waals surface area (Å²) in [6.07, 6.45) is 10.5. The lowest BCUT2D eigenvalue weighted by Crippen LogP contribution is -2.34. The Kier molecular flexibility index (Phi) is 1.29. The lowest BCUT2D eigenvalue weighted by molar-refractivity contribution is 0.168. The third kappa shape index (κ3) is 0.823. The molecule has 0 aromatic carbocycles.